The van der Waals surface area contributed by atoms with Gasteiger partial charge in [0.25, 0.3) is 0 Å². The number of nitriles is 1. The summed E-state index contributed by atoms with van der Waals surface area (Å²) in [6.45, 7) is 12.2. The van der Waals surface area contributed by atoms with Crippen LogP contribution in [0.5, 0.6) is 0 Å². The van der Waals surface area contributed by atoms with Crippen LogP contribution in [0.25, 0.3) is 37.2 Å². The van der Waals surface area contributed by atoms with Crippen LogP contribution < -0.4 is 9.80 Å². The summed E-state index contributed by atoms with van der Waals surface area (Å²) in [7, 11) is 0. The number of rotatable bonds is 8. The fourth-order valence-corrected chi connectivity index (χ4v) is 7.48. The van der Waals surface area contributed by atoms with Gasteiger partial charge in [0, 0.05) is 33.5 Å². The third kappa shape index (κ3) is 5.07. The third-order valence-corrected chi connectivity index (χ3v) is 9.75. The van der Waals surface area contributed by atoms with Crippen LogP contribution in [0, 0.1) is 17.9 Å². The van der Waals surface area contributed by atoms with E-state index in [1.807, 2.05) is 48.5 Å². The molecule has 8 aromatic carbocycles. The molecule has 0 bridgehead atoms. The van der Waals surface area contributed by atoms with E-state index in [2.05, 4.69) is 132 Å². The van der Waals surface area contributed by atoms with Gasteiger partial charge in [0.05, 0.1) is 29.6 Å². The Morgan fingerprint density at radius 1 is 0.520 bits per heavy atom. The van der Waals surface area contributed by atoms with E-state index in [-0.39, 0.29) is 0 Å². The largest absolute Gasteiger partial charge is 0.311 e. The summed E-state index contributed by atoms with van der Waals surface area (Å²) in [5.74, 6) is 0. The van der Waals surface area contributed by atoms with Crippen molar-refractivity contribution in [3.05, 3.63) is 174 Å². The van der Waals surface area contributed by atoms with Crippen molar-refractivity contribution in [2.24, 2.45) is 0 Å². The lowest BCUT2D eigenvalue weighted by molar-refractivity contribution is 1.15. The molecule has 238 valence electrons. The van der Waals surface area contributed by atoms with Crippen LogP contribution >= 0.6 is 0 Å². The summed E-state index contributed by atoms with van der Waals surface area (Å²) in [5, 5.41) is 17.2. The number of para-hydroxylation sites is 2. The van der Waals surface area contributed by atoms with Gasteiger partial charge in [-0.3, -0.25) is 0 Å². The van der Waals surface area contributed by atoms with Gasteiger partial charge in [0.1, 0.15) is 0 Å². The molecule has 8 aromatic rings. The third-order valence-electron chi connectivity index (χ3n) is 9.75. The van der Waals surface area contributed by atoms with Gasteiger partial charge in [0.15, 0.2) is 5.69 Å². The zero-order valence-electron chi connectivity index (χ0n) is 28.1. The van der Waals surface area contributed by atoms with Gasteiger partial charge >= 0.3 is 0 Å². The number of benzene rings is 8. The molecule has 0 heterocycles. The maximum absolute atomic E-state index is 9.85. The lowest BCUT2D eigenvalue weighted by atomic mass is 9.86. The van der Waals surface area contributed by atoms with E-state index >= 15 is 0 Å². The van der Waals surface area contributed by atoms with Crippen LogP contribution in [0.15, 0.2) is 146 Å². The predicted octanol–water partition coefficient (Wildman–Crippen LogP) is 13.1. The average molecular weight is 643 g/mol. The molecule has 0 aromatic heterocycles. The van der Waals surface area contributed by atoms with Crippen molar-refractivity contribution in [1.82, 2.24) is 0 Å². The van der Waals surface area contributed by atoms with Gasteiger partial charge in [-0.25, -0.2) is 4.85 Å². The zero-order chi connectivity index (χ0) is 34.2. The van der Waals surface area contributed by atoms with Crippen LogP contribution in [-0.2, 0) is 12.8 Å². The van der Waals surface area contributed by atoms with Crippen molar-refractivity contribution in [2.45, 2.75) is 26.7 Å². The van der Waals surface area contributed by atoms with Gasteiger partial charge in [-0.1, -0.05) is 92.7 Å². The Morgan fingerprint density at radius 3 is 1.46 bits per heavy atom. The van der Waals surface area contributed by atoms with Crippen molar-refractivity contribution in [3.63, 3.8) is 0 Å². The van der Waals surface area contributed by atoms with Crippen molar-refractivity contribution in [2.75, 3.05) is 9.80 Å². The molecular formula is C46H34N4. The molecule has 0 amide bonds. The van der Waals surface area contributed by atoms with E-state index in [1.165, 1.54) is 32.7 Å². The number of nitrogens with zero attached hydrogens (tertiary/aromatic N) is 4. The Bertz CT molecular complexity index is 2410. The predicted molar refractivity (Wildman–Crippen MR) is 209 cm³/mol. The van der Waals surface area contributed by atoms with E-state index < -0.39 is 0 Å². The Kier molecular flexibility index (Phi) is 7.84. The Labute approximate surface area is 292 Å². The van der Waals surface area contributed by atoms with Crippen molar-refractivity contribution >= 4 is 72.1 Å². The number of hydrogen-bond donors (Lipinski definition) is 0. The second-order valence-corrected chi connectivity index (χ2v) is 12.5. The maximum atomic E-state index is 9.85. The summed E-state index contributed by atoms with van der Waals surface area (Å²) in [6.07, 6.45) is 1.74. The van der Waals surface area contributed by atoms with Gasteiger partial charge < -0.3 is 9.80 Å². The molecule has 0 saturated carbocycles. The molecule has 4 nitrogen and oxygen atoms in total. The van der Waals surface area contributed by atoms with Gasteiger partial charge in [-0.2, -0.15) is 5.26 Å². The van der Waals surface area contributed by atoms with Gasteiger partial charge in [-0.15, -0.1) is 0 Å². The molecule has 0 saturated heterocycles. The first-order valence-corrected chi connectivity index (χ1v) is 17.1. The number of hydrogen-bond acceptors (Lipinski definition) is 3. The average Bonchev–Trinajstić information content (AvgIpc) is 3.18. The van der Waals surface area contributed by atoms with E-state index in [1.54, 1.807) is 0 Å². The topological polar surface area (TPSA) is 34.6 Å². The molecule has 0 atom stereocenters. The van der Waals surface area contributed by atoms with Crippen LogP contribution in [0.1, 0.15) is 30.5 Å². The Morgan fingerprint density at radius 2 is 0.980 bits per heavy atom. The van der Waals surface area contributed by atoms with Crippen molar-refractivity contribution < 1.29 is 0 Å². The summed E-state index contributed by atoms with van der Waals surface area (Å²) in [4.78, 5) is 8.36. The second kappa shape index (κ2) is 12.8. The monoisotopic (exact) mass is 642 g/mol. The lowest BCUT2D eigenvalue weighted by Gasteiger charge is -2.31. The Balaban J connectivity index is 1.49. The molecule has 0 radical (unpaired) electrons. The van der Waals surface area contributed by atoms with Gasteiger partial charge in [-0.05, 0) is 112 Å². The van der Waals surface area contributed by atoms with Crippen molar-refractivity contribution in [1.29, 1.82) is 5.26 Å². The normalized spacial score (nSPS) is 11.1. The summed E-state index contributed by atoms with van der Waals surface area (Å²) < 4.78 is 0. The highest BCUT2D eigenvalue weighted by Crippen LogP contribution is 2.49. The number of aryl methyl sites for hydroxylation is 2. The Hall–Kier alpha value is -6.62. The molecule has 0 unspecified atom stereocenters. The summed E-state index contributed by atoms with van der Waals surface area (Å²) >= 11 is 0. The highest BCUT2D eigenvalue weighted by Gasteiger charge is 2.24. The quantitative estimate of drug-likeness (QED) is 0.122. The molecule has 4 heteroatoms. The standard InChI is InChI=1S/C46H34N4/c1-4-32-27-43(49(35-16-8-6-9-17-35)37-20-12-14-31(26-37)30-47)41-24-22-40-33(5-2)28-44(42-25-23-39(32)45(41)46(40)42)50(36-18-10-7-11-19-36)38-21-13-15-34(29-38)48-3/h6-29H,4-5H2,1-2H3. The highest BCUT2D eigenvalue weighted by atomic mass is 15.2. The molecule has 50 heavy (non-hydrogen) atoms. The lowest BCUT2D eigenvalue weighted by Crippen LogP contribution is -2.12. The molecule has 0 aliphatic carbocycles. The van der Waals surface area contributed by atoms with E-state index in [0.29, 0.717) is 11.3 Å². The van der Waals surface area contributed by atoms with Crippen LogP contribution in [0.4, 0.5) is 39.8 Å². The SMILES string of the molecule is [C-]#[N+]c1cccc(N(c2ccccc2)c2cc(CC)c3ccc4c(N(c5ccccc5)c5cccc(C#N)c5)cc(CC)c5ccc2c3c54)c1. The van der Waals surface area contributed by atoms with Crippen LogP contribution in [-0.4, -0.2) is 0 Å². The minimum absolute atomic E-state index is 0.607. The zero-order valence-corrected chi connectivity index (χ0v) is 28.1. The fraction of sp³-hybridized carbons (Fsp3) is 0.0870. The molecule has 0 N–H and O–H groups in total. The minimum Gasteiger partial charge on any atom is -0.311 e. The molecule has 0 aliphatic rings. The molecular weight excluding hydrogens is 609 g/mol. The smallest absolute Gasteiger partial charge is 0.189 e. The van der Waals surface area contributed by atoms with Crippen LogP contribution in [0.2, 0.25) is 0 Å². The second-order valence-electron chi connectivity index (χ2n) is 12.5. The first-order chi connectivity index (χ1) is 24.6. The minimum atomic E-state index is 0.607. The summed E-state index contributed by atoms with van der Waals surface area (Å²) in [6, 6.07) is 52.8. The molecule has 8 rings (SSSR count). The fourth-order valence-electron chi connectivity index (χ4n) is 7.48. The van der Waals surface area contributed by atoms with Crippen molar-refractivity contribution in [3.8, 4) is 6.07 Å². The first-order valence-electron chi connectivity index (χ1n) is 17.1. The van der Waals surface area contributed by atoms with E-state index in [0.717, 1.165) is 57.7 Å². The van der Waals surface area contributed by atoms with Crippen LogP contribution in [0.3, 0.4) is 0 Å². The van der Waals surface area contributed by atoms with Gasteiger partial charge in [0.2, 0.25) is 0 Å². The highest BCUT2D eigenvalue weighted by molar-refractivity contribution is 6.29. The van der Waals surface area contributed by atoms with E-state index in [9.17, 15) is 5.26 Å². The van der Waals surface area contributed by atoms with E-state index in [4.69, 9.17) is 6.57 Å². The maximum Gasteiger partial charge on any atom is 0.189 e. The summed E-state index contributed by atoms with van der Waals surface area (Å²) in [5.41, 5.74) is 9.90. The molecule has 0 fully saturated rings. The number of anilines is 6. The first kappa shape index (κ1) is 30.7. The molecule has 0 aliphatic heterocycles. The molecule has 0 spiro atoms.